The topological polar surface area (TPSA) is 49.9 Å². The van der Waals surface area contributed by atoms with E-state index >= 15 is 0 Å². The second-order valence-corrected chi connectivity index (χ2v) is 6.69. The maximum absolute atomic E-state index is 12.6. The van der Waals surface area contributed by atoms with Crippen molar-refractivity contribution in [2.75, 3.05) is 18.1 Å². The van der Waals surface area contributed by atoms with Crippen molar-refractivity contribution in [3.63, 3.8) is 0 Å². The van der Waals surface area contributed by atoms with Gasteiger partial charge in [-0.3, -0.25) is 9.59 Å². The van der Waals surface area contributed by atoms with Crippen LogP contribution in [0.2, 0.25) is 0 Å². The highest BCUT2D eigenvalue weighted by Gasteiger charge is 2.50. The maximum Gasteiger partial charge on any atom is 0.252 e. The number of fused-ring (bicyclic) bond motifs is 1. The Morgan fingerprint density at radius 3 is 2.95 bits per heavy atom. The predicted octanol–water partition coefficient (Wildman–Crippen LogP) is 1.63. The van der Waals surface area contributed by atoms with E-state index in [-0.39, 0.29) is 30.0 Å². The first-order valence-corrected chi connectivity index (χ1v) is 8.46. The van der Waals surface area contributed by atoms with Crippen molar-refractivity contribution in [2.45, 2.75) is 43.9 Å². The second kappa shape index (κ2) is 5.10. The molecule has 1 unspecified atom stereocenters. The van der Waals surface area contributed by atoms with E-state index in [0.29, 0.717) is 13.0 Å². The van der Waals surface area contributed by atoms with Gasteiger partial charge in [0, 0.05) is 25.0 Å². The van der Waals surface area contributed by atoms with Crippen LogP contribution in [0.15, 0.2) is 16.8 Å². The number of hydrogen-bond acceptors (Lipinski definition) is 4. The summed E-state index contributed by atoms with van der Waals surface area (Å²) in [5.41, 5.74) is 0.976. The van der Waals surface area contributed by atoms with Gasteiger partial charge in [0.2, 0.25) is 5.91 Å². The summed E-state index contributed by atoms with van der Waals surface area (Å²) in [6.45, 7) is 1.42. The van der Waals surface area contributed by atoms with Gasteiger partial charge < -0.3 is 14.5 Å². The summed E-state index contributed by atoms with van der Waals surface area (Å²) in [6, 6.07) is 2.14. The van der Waals surface area contributed by atoms with Crippen molar-refractivity contribution in [1.29, 1.82) is 0 Å². The second-order valence-electron chi connectivity index (χ2n) is 5.91. The third-order valence-electron chi connectivity index (χ3n) is 4.77. The van der Waals surface area contributed by atoms with Gasteiger partial charge >= 0.3 is 0 Å². The van der Waals surface area contributed by atoms with Crippen LogP contribution in [-0.4, -0.2) is 48.1 Å². The van der Waals surface area contributed by atoms with Crippen molar-refractivity contribution >= 4 is 28.8 Å². The number of hydrogen-bond donors (Lipinski definition) is 0. The minimum Gasteiger partial charge on any atom is -0.368 e. The van der Waals surface area contributed by atoms with Crippen molar-refractivity contribution in [3.8, 4) is 0 Å². The highest BCUT2D eigenvalue weighted by molar-refractivity contribution is 7.08. The summed E-state index contributed by atoms with van der Waals surface area (Å²) in [7, 11) is 0. The number of thiophene rings is 1. The monoisotopic (exact) mass is 306 g/mol. The average molecular weight is 306 g/mol. The zero-order chi connectivity index (χ0) is 14.4. The summed E-state index contributed by atoms with van der Waals surface area (Å²) >= 11 is 1.60. The molecular weight excluding hydrogens is 288 g/mol. The highest BCUT2D eigenvalue weighted by Crippen LogP contribution is 2.37. The Morgan fingerprint density at radius 2 is 2.24 bits per heavy atom. The molecule has 3 aliphatic rings. The molecular formula is C15H18N2O3S. The first-order valence-electron chi connectivity index (χ1n) is 7.52. The lowest BCUT2D eigenvalue weighted by molar-refractivity contribution is -0.141. The van der Waals surface area contributed by atoms with Crippen LogP contribution in [0, 0.1) is 0 Å². The molecule has 5 nitrogen and oxygen atoms in total. The lowest BCUT2D eigenvalue weighted by atomic mass is 10.1. The molecule has 0 radical (unpaired) electrons. The van der Waals surface area contributed by atoms with Gasteiger partial charge in [0.15, 0.2) is 0 Å². The number of ether oxygens (including phenoxy) is 1. The number of amides is 2. The zero-order valence-corrected chi connectivity index (χ0v) is 12.6. The molecule has 0 aromatic carbocycles. The molecule has 0 bridgehead atoms. The third-order valence-corrected chi connectivity index (χ3v) is 5.44. The van der Waals surface area contributed by atoms with Crippen molar-refractivity contribution in [3.05, 3.63) is 16.8 Å². The van der Waals surface area contributed by atoms with Crippen LogP contribution in [-0.2, 0) is 14.3 Å². The quantitative estimate of drug-likeness (QED) is 0.834. The summed E-state index contributed by atoms with van der Waals surface area (Å²) in [6.07, 6.45) is 2.80. The van der Waals surface area contributed by atoms with Gasteiger partial charge in [0.05, 0.1) is 17.8 Å². The maximum atomic E-state index is 12.6. The molecule has 3 aliphatic heterocycles. The first kappa shape index (κ1) is 13.3. The summed E-state index contributed by atoms with van der Waals surface area (Å²) in [5.74, 6) is 0.216. The smallest absolute Gasteiger partial charge is 0.252 e. The van der Waals surface area contributed by atoms with Crippen LogP contribution in [0.1, 0.15) is 25.7 Å². The fourth-order valence-corrected chi connectivity index (χ4v) is 4.44. The Bertz CT molecular complexity index is 553. The fourth-order valence-electron chi connectivity index (χ4n) is 3.81. The molecule has 0 spiro atoms. The van der Waals surface area contributed by atoms with Crippen LogP contribution in [0.5, 0.6) is 0 Å². The molecule has 1 aromatic heterocycles. The standard InChI is InChI=1S/C15H18N2O3S/c18-14-8-12-11(17(14)10-4-7-21-9-10)3-5-16(12)15(19)13-2-1-6-20-13/h4,7,9,11-13H,1-3,5-6,8H2/t11-,12+,13?/m1/s1. The molecule has 6 heteroatoms. The molecule has 0 saturated carbocycles. The summed E-state index contributed by atoms with van der Waals surface area (Å²) in [4.78, 5) is 28.7. The SMILES string of the molecule is O=C(C1CCCO1)N1CC[C@@H]2[C@@H]1CC(=O)N2c1ccsc1. The van der Waals surface area contributed by atoms with E-state index in [9.17, 15) is 9.59 Å². The highest BCUT2D eigenvalue weighted by atomic mass is 32.1. The minimum atomic E-state index is -0.283. The van der Waals surface area contributed by atoms with Crippen molar-refractivity contribution < 1.29 is 14.3 Å². The largest absolute Gasteiger partial charge is 0.368 e. The van der Waals surface area contributed by atoms with Crippen LogP contribution in [0.4, 0.5) is 5.69 Å². The van der Waals surface area contributed by atoms with Crippen LogP contribution in [0.25, 0.3) is 0 Å². The van der Waals surface area contributed by atoms with Crippen LogP contribution < -0.4 is 4.90 Å². The number of carbonyl (C=O) groups is 2. The van der Waals surface area contributed by atoms with Crippen LogP contribution in [0.3, 0.4) is 0 Å². The van der Waals surface area contributed by atoms with Gasteiger partial charge in [0.1, 0.15) is 6.10 Å². The molecule has 112 valence electrons. The third kappa shape index (κ3) is 2.08. The molecule has 21 heavy (non-hydrogen) atoms. The number of nitrogens with zero attached hydrogens (tertiary/aromatic N) is 2. The predicted molar refractivity (Wildman–Crippen MR) is 79.3 cm³/mol. The lowest BCUT2D eigenvalue weighted by Crippen LogP contribution is -2.44. The van der Waals surface area contributed by atoms with E-state index in [4.69, 9.17) is 4.74 Å². The first-order chi connectivity index (χ1) is 10.3. The van der Waals surface area contributed by atoms with Gasteiger partial charge in [-0.2, -0.15) is 11.3 Å². The Kier molecular flexibility index (Phi) is 3.23. The molecule has 3 fully saturated rings. The zero-order valence-electron chi connectivity index (χ0n) is 11.7. The molecule has 4 heterocycles. The summed E-state index contributed by atoms with van der Waals surface area (Å²) in [5, 5.41) is 3.99. The molecule has 3 atom stereocenters. The average Bonchev–Trinajstić information content (AvgIpc) is 3.23. The number of carbonyl (C=O) groups excluding carboxylic acids is 2. The fraction of sp³-hybridized carbons (Fsp3) is 0.600. The molecule has 0 aliphatic carbocycles. The van der Waals surface area contributed by atoms with Gasteiger partial charge in [-0.15, -0.1) is 0 Å². The Labute approximate surface area is 127 Å². The molecule has 4 rings (SSSR count). The van der Waals surface area contributed by atoms with E-state index in [1.807, 2.05) is 26.6 Å². The Morgan fingerprint density at radius 1 is 1.33 bits per heavy atom. The molecule has 1 aromatic rings. The number of rotatable bonds is 2. The Hall–Kier alpha value is -1.40. The van der Waals surface area contributed by atoms with E-state index < -0.39 is 0 Å². The molecule has 2 amide bonds. The van der Waals surface area contributed by atoms with E-state index in [0.717, 1.165) is 31.5 Å². The molecule has 0 N–H and O–H groups in total. The lowest BCUT2D eigenvalue weighted by Gasteiger charge is -2.26. The summed E-state index contributed by atoms with van der Waals surface area (Å²) < 4.78 is 5.51. The van der Waals surface area contributed by atoms with Gasteiger partial charge in [-0.25, -0.2) is 0 Å². The van der Waals surface area contributed by atoms with Crippen molar-refractivity contribution in [2.24, 2.45) is 0 Å². The van der Waals surface area contributed by atoms with E-state index in [1.165, 1.54) is 0 Å². The number of anilines is 1. The minimum absolute atomic E-state index is 0.0223. The Balaban J connectivity index is 1.54. The van der Waals surface area contributed by atoms with Crippen molar-refractivity contribution in [1.82, 2.24) is 4.90 Å². The van der Waals surface area contributed by atoms with E-state index in [2.05, 4.69) is 0 Å². The number of likely N-dealkylation sites (tertiary alicyclic amines) is 1. The van der Waals surface area contributed by atoms with E-state index in [1.54, 1.807) is 11.3 Å². The van der Waals surface area contributed by atoms with Gasteiger partial charge in [0.25, 0.3) is 5.91 Å². The van der Waals surface area contributed by atoms with Gasteiger partial charge in [-0.1, -0.05) is 0 Å². The molecule has 3 saturated heterocycles. The normalized spacial score (nSPS) is 32.0. The van der Waals surface area contributed by atoms with Crippen LogP contribution >= 0.6 is 11.3 Å². The van der Waals surface area contributed by atoms with Gasteiger partial charge in [-0.05, 0) is 30.7 Å².